The van der Waals surface area contributed by atoms with E-state index in [1.807, 2.05) is 0 Å². The summed E-state index contributed by atoms with van der Waals surface area (Å²) in [5, 5.41) is 0. The maximum Gasteiger partial charge on any atom is 0.0412 e. The Kier molecular flexibility index (Phi) is 3.86. The van der Waals surface area contributed by atoms with E-state index >= 15 is 0 Å². The highest BCUT2D eigenvalue weighted by Gasteiger charge is 2.34. The minimum Gasteiger partial charge on any atom is -0.321 e. The first-order chi connectivity index (χ1) is 10.1. The molecule has 2 N–H and O–H groups in total. The summed E-state index contributed by atoms with van der Waals surface area (Å²) in [6.07, 6.45) is 4.54. The fraction of sp³-hybridized carbons (Fsp3) is 0.400. The summed E-state index contributed by atoms with van der Waals surface area (Å²) in [7, 11) is 0. The predicted molar refractivity (Wildman–Crippen MR) is 89.4 cm³/mol. The predicted octanol–water partition coefficient (Wildman–Crippen LogP) is 4.82. The molecule has 0 radical (unpaired) electrons. The largest absolute Gasteiger partial charge is 0.321 e. The Balaban J connectivity index is 1.79. The molecule has 0 unspecified atom stereocenters. The summed E-state index contributed by atoms with van der Waals surface area (Å²) in [5.41, 5.74) is 12.2. The van der Waals surface area contributed by atoms with Gasteiger partial charge in [0.05, 0.1) is 0 Å². The third kappa shape index (κ3) is 2.75. The van der Waals surface area contributed by atoms with Gasteiger partial charge in [-0.25, -0.2) is 0 Å². The summed E-state index contributed by atoms with van der Waals surface area (Å²) in [6, 6.07) is 17.4. The highest BCUT2D eigenvalue weighted by molar-refractivity contribution is 5.38. The second kappa shape index (κ2) is 5.65. The smallest absolute Gasteiger partial charge is 0.0412 e. The van der Waals surface area contributed by atoms with E-state index in [2.05, 4.69) is 62.4 Å². The Morgan fingerprint density at radius 2 is 1.57 bits per heavy atom. The van der Waals surface area contributed by atoms with Gasteiger partial charge in [-0.3, -0.25) is 0 Å². The zero-order chi connectivity index (χ0) is 14.9. The van der Waals surface area contributed by atoms with Gasteiger partial charge in [0, 0.05) is 5.54 Å². The van der Waals surface area contributed by atoms with Crippen LogP contribution >= 0.6 is 0 Å². The van der Waals surface area contributed by atoms with E-state index in [0.29, 0.717) is 5.92 Å². The molecule has 0 heterocycles. The number of hydrogen-bond donors (Lipinski definition) is 1. The van der Waals surface area contributed by atoms with Gasteiger partial charge in [0.25, 0.3) is 0 Å². The molecule has 21 heavy (non-hydrogen) atoms. The van der Waals surface area contributed by atoms with Crippen LogP contribution in [0.4, 0.5) is 0 Å². The first-order valence-corrected chi connectivity index (χ1v) is 8.01. The second-order valence-corrected chi connectivity index (χ2v) is 6.59. The van der Waals surface area contributed by atoms with Crippen molar-refractivity contribution in [2.45, 2.75) is 51.0 Å². The highest BCUT2D eigenvalue weighted by Crippen LogP contribution is 2.42. The standard InChI is InChI=1S/C20H25N/c1-15-7-6-10-19(16(15)2)20(21)13-11-18(12-14-20)17-8-4-3-5-9-17/h3-10,18H,11-14,21H2,1-2H3. The van der Waals surface area contributed by atoms with Crippen LogP contribution in [0.1, 0.15) is 53.9 Å². The Labute approximate surface area is 128 Å². The van der Waals surface area contributed by atoms with E-state index < -0.39 is 0 Å². The van der Waals surface area contributed by atoms with Gasteiger partial charge in [-0.2, -0.15) is 0 Å². The number of nitrogens with two attached hydrogens (primary N) is 1. The van der Waals surface area contributed by atoms with Gasteiger partial charge in [-0.1, -0.05) is 48.5 Å². The topological polar surface area (TPSA) is 26.0 Å². The molecule has 0 aliphatic heterocycles. The zero-order valence-corrected chi connectivity index (χ0v) is 13.1. The lowest BCUT2D eigenvalue weighted by atomic mass is 9.70. The summed E-state index contributed by atoms with van der Waals surface area (Å²) in [5.74, 6) is 0.674. The molecule has 2 aromatic carbocycles. The van der Waals surface area contributed by atoms with E-state index in [0.717, 1.165) is 12.8 Å². The van der Waals surface area contributed by atoms with Gasteiger partial charge < -0.3 is 5.73 Å². The third-order valence-electron chi connectivity index (χ3n) is 5.29. The molecule has 0 atom stereocenters. The van der Waals surface area contributed by atoms with Crippen LogP contribution < -0.4 is 5.73 Å². The second-order valence-electron chi connectivity index (χ2n) is 6.59. The average molecular weight is 279 g/mol. The Hall–Kier alpha value is -1.60. The van der Waals surface area contributed by atoms with E-state index in [1.165, 1.54) is 35.1 Å². The summed E-state index contributed by atoms with van der Waals surface area (Å²) >= 11 is 0. The number of aryl methyl sites for hydroxylation is 1. The van der Waals surface area contributed by atoms with Crippen LogP contribution in [-0.2, 0) is 5.54 Å². The Bertz CT molecular complexity index is 607. The van der Waals surface area contributed by atoms with Crippen molar-refractivity contribution >= 4 is 0 Å². The lowest BCUT2D eigenvalue weighted by Gasteiger charge is -2.39. The molecule has 1 fully saturated rings. The Morgan fingerprint density at radius 3 is 2.24 bits per heavy atom. The SMILES string of the molecule is Cc1cccc(C2(N)CCC(c3ccccc3)CC2)c1C. The van der Waals surface area contributed by atoms with E-state index in [-0.39, 0.29) is 5.54 Å². The molecule has 1 nitrogen and oxygen atoms in total. The molecule has 1 aliphatic rings. The Morgan fingerprint density at radius 1 is 0.905 bits per heavy atom. The molecule has 0 amide bonds. The average Bonchev–Trinajstić information content (AvgIpc) is 2.51. The molecular formula is C20H25N. The molecule has 0 bridgehead atoms. The van der Waals surface area contributed by atoms with E-state index in [1.54, 1.807) is 0 Å². The van der Waals surface area contributed by atoms with Crippen LogP contribution in [-0.4, -0.2) is 0 Å². The van der Waals surface area contributed by atoms with Crippen molar-refractivity contribution in [2.24, 2.45) is 5.73 Å². The fourth-order valence-corrected chi connectivity index (χ4v) is 3.75. The van der Waals surface area contributed by atoms with Gasteiger partial charge in [0.2, 0.25) is 0 Å². The monoisotopic (exact) mass is 279 g/mol. The van der Waals surface area contributed by atoms with Crippen LogP contribution in [0.5, 0.6) is 0 Å². The minimum atomic E-state index is -0.138. The molecule has 0 aromatic heterocycles. The minimum absolute atomic E-state index is 0.138. The van der Waals surface area contributed by atoms with Crippen molar-refractivity contribution in [3.05, 3.63) is 70.8 Å². The highest BCUT2D eigenvalue weighted by atomic mass is 14.8. The molecule has 1 saturated carbocycles. The van der Waals surface area contributed by atoms with Crippen LogP contribution in [0.25, 0.3) is 0 Å². The quantitative estimate of drug-likeness (QED) is 0.838. The molecule has 0 spiro atoms. The molecule has 1 aliphatic carbocycles. The van der Waals surface area contributed by atoms with Gasteiger partial charge in [-0.05, 0) is 67.7 Å². The lowest BCUT2D eigenvalue weighted by molar-refractivity contribution is 0.276. The number of rotatable bonds is 2. The van der Waals surface area contributed by atoms with E-state index in [4.69, 9.17) is 5.73 Å². The number of benzene rings is 2. The van der Waals surface area contributed by atoms with Crippen molar-refractivity contribution in [1.29, 1.82) is 0 Å². The fourth-order valence-electron chi connectivity index (χ4n) is 3.75. The first-order valence-electron chi connectivity index (χ1n) is 8.01. The van der Waals surface area contributed by atoms with Crippen molar-refractivity contribution in [1.82, 2.24) is 0 Å². The van der Waals surface area contributed by atoms with Gasteiger partial charge in [0.15, 0.2) is 0 Å². The maximum absolute atomic E-state index is 6.79. The molecule has 3 rings (SSSR count). The van der Waals surface area contributed by atoms with Crippen molar-refractivity contribution in [3.63, 3.8) is 0 Å². The van der Waals surface area contributed by atoms with Crippen molar-refractivity contribution < 1.29 is 0 Å². The normalized spacial score (nSPS) is 25.8. The zero-order valence-electron chi connectivity index (χ0n) is 13.1. The number of hydrogen-bond acceptors (Lipinski definition) is 1. The van der Waals surface area contributed by atoms with Gasteiger partial charge in [-0.15, -0.1) is 0 Å². The van der Waals surface area contributed by atoms with Crippen LogP contribution in [0.15, 0.2) is 48.5 Å². The van der Waals surface area contributed by atoms with Crippen molar-refractivity contribution in [3.8, 4) is 0 Å². The summed E-state index contributed by atoms with van der Waals surface area (Å²) in [6.45, 7) is 4.39. The molecule has 110 valence electrons. The van der Waals surface area contributed by atoms with E-state index in [9.17, 15) is 0 Å². The summed E-state index contributed by atoms with van der Waals surface area (Å²) in [4.78, 5) is 0. The van der Waals surface area contributed by atoms with Crippen LogP contribution in [0.2, 0.25) is 0 Å². The molecule has 1 heteroatoms. The third-order valence-corrected chi connectivity index (χ3v) is 5.29. The summed E-state index contributed by atoms with van der Waals surface area (Å²) < 4.78 is 0. The van der Waals surface area contributed by atoms with Crippen LogP contribution in [0, 0.1) is 13.8 Å². The molecule has 0 saturated heterocycles. The first kappa shape index (κ1) is 14.3. The lowest BCUT2D eigenvalue weighted by Crippen LogP contribution is -2.40. The van der Waals surface area contributed by atoms with Crippen molar-refractivity contribution in [2.75, 3.05) is 0 Å². The molecular weight excluding hydrogens is 254 g/mol. The molecule has 2 aromatic rings. The maximum atomic E-state index is 6.79. The van der Waals surface area contributed by atoms with Gasteiger partial charge >= 0.3 is 0 Å². The van der Waals surface area contributed by atoms with Crippen LogP contribution in [0.3, 0.4) is 0 Å². The van der Waals surface area contributed by atoms with Gasteiger partial charge in [0.1, 0.15) is 0 Å².